The number of rotatable bonds is 3. The summed E-state index contributed by atoms with van der Waals surface area (Å²) in [6.07, 6.45) is 0. The van der Waals surface area contributed by atoms with Gasteiger partial charge in [-0.05, 0) is 135 Å². The van der Waals surface area contributed by atoms with Crippen molar-refractivity contribution < 1.29 is 0 Å². The molecule has 2 heterocycles. The molecule has 6 aromatic carbocycles. The van der Waals surface area contributed by atoms with E-state index in [1.165, 1.54) is 43.8 Å². The molecular formula is C55H56N4. The predicted octanol–water partition coefficient (Wildman–Crippen LogP) is 14.8. The van der Waals surface area contributed by atoms with Gasteiger partial charge in [0, 0.05) is 27.1 Å². The molecule has 2 aromatic heterocycles. The summed E-state index contributed by atoms with van der Waals surface area (Å²) in [5.41, 5.74) is 14.9. The Morgan fingerprint density at radius 3 is 1.12 bits per heavy atom. The molecule has 8 aromatic rings. The third kappa shape index (κ3) is 6.80. The van der Waals surface area contributed by atoms with Gasteiger partial charge in [0.05, 0.1) is 50.6 Å². The molecule has 0 spiro atoms. The summed E-state index contributed by atoms with van der Waals surface area (Å²) in [5.74, 6) is 0. The van der Waals surface area contributed by atoms with Crippen LogP contribution in [-0.4, -0.2) is 9.13 Å². The number of fused-ring (bicyclic) bond motifs is 6. The standard InChI is InChI=1S/C55H56N4/c1-33-22-34(31-56)24-35(23-33)41-30-50(58-46-18-14-37(52(2,3)4)26-42(46)43-27-38(53(5,6)7)15-19-47(43)58)36(32-57)25-51(41)59-48-20-16-39(54(8,9)10)28-44(48)45-29-40(55(11,12)13)17-21-49(45)59/h14-30H,1-13H3. The second-order valence-electron chi connectivity index (χ2n) is 20.8. The molecule has 296 valence electrons. The molecule has 8 rings (SSSR count). The van der Waals surface area contributed by atoms with Gasteiger partial charge in [-0.15, -0.1) is 0 Å². The molecule has 0 fully saturated rings. The second kappa shape index (κ2) is 13.5. The van der Waals surface area contributed by atoms with Gasteiger partial charge in [-0.3, -0.25) is 0 Å². The van der Waals surface area contributed by atoms with Crippen molar-refractivity contribution in [1.82, 2.24) is 9.13 Å². The Kier molecular flexibility index (Phi) is 9.07. The molecule has 0 unspecified atom stereocenters. The Morgan fingerprint density at radius 1 is 0.407 bits per heavy atom. The minimum Gasteiger partial charge on any atom is -0.309 e. The number of nitriles is 2. The minimum absolute atomic E-state index is 0.0376. The van der Waals surface area contributed by atoms with Crippen molar-refractivity contribution in [1.29, 1.82) is 10.5 Å². The fraction of sp³-hybridized carbons (Fsp3) is 0.309. The van der Waals surface area contributed by atoms with E-state index < -0.39 is 0 Å². The number of aromatic nitrogens is 2. The van der Waals surface area contributed by atoms with Crippen LogP contribution in [0, 0.1) is 29.6 Å². The topological polar surface area (TPSA) is 57.4 Å². The molecule has 0 bridgehead atoms. The number of hydrogen-bond acceptors (Lipinski definition) is 2. The quantitative estimate of drug-likeness (QED) is 0.180. The maximum atomic E-state index is 11.2. The van der Waals surface area contributed by atoms with Crippen LogP contribution in [0.15, 0.2) is 103 Å². The Bertz CT molecular complexity index is 2960. The molecule has 0 saturated carbocycles. The lowest BCUT2D eigenvalue weighted by Gasteiger charge is -2.21. The molecule has 0 radical (unpaired) electrons. The van der Waals surface area contributed by atoms with Gasteiger partial charge in [0.2, 0.25) is 0 Å². The zero-order valence-electron chi connectivity index (χ0n) is 37.1. The van der Waals surface area contributed by atoms with E-state index in [-0.39, 0.29) is 21.7 Å². The minimum atomic E-state index is -0.0378. The first-order chi connectivity index (χ1) is 27.6. The molecule has 59 heavy (non-hydrogen) atoms. The third-order valence-corrected chi connectivity index (χ3v) is 12.2. The van der Waals surface area contributed by atoms with E-state index in [2.05, 4.69) is 195 Å². The molecular weight excluding hydrogens is 717 g/mol. The van der Waals surface area contributed by atoms with Crippen LogP contribution in [0.4, 0.5) is 0 Å². The summed E-state index contributed by atoms with van der Waals surface area (Å²) in [7, 11) is 0. The fourth-order valence-electron chi connectivity index (χ4n) is 8.70. The molecule has 0 amide bonds. The first-order valence-electron chi connectivity index (χ1n) is 20.9. The Hall–Kier alpha value is -6.10. The Morgan fingerprint density at radius 2 is 0.780 bits per heavy atom. The van der Waals surface area contributed by atoms with Crippen molar-refractivity contribution in [2.24, 2.45) is 0 Å². The van der Waals surface area contributed by atoms with Gasteiger partial charge in [-0.1, -0.05) is 113 Å². The summed E-state index contributed by atoms with van der Waals surface area (Å²) in [4.78, 5) is 0. The summed E-state index contributed by atoms with van der Waals surface area (Å²) < 4.78 is 4.63. The summed E-state index contributed by atoms with van der Waals surface area (Å²) in [6, 6.07) is 42.8. The molecule has 4 nitrogen and oxygen atoms in total. The van der Waals surface area contributed by atoms with Gasteiger partial charge in [-0.25, -0.2) is 0 Å². The number of aryl methyl sites for hydroxylation is 1. The highest BCUT2D eigenvalue weighted by atomic mass is 15.0. The molecule has 0 N–H and O–H groups in total. The zero-order valence-corrected chi connectivity index (χ0v) is 37.1. The largest absolute Gasteiger partial charge is 0.309 e. The highest BCUT2D eigenvalue weighted by molar-refractivity contribution is 6.12. The second-order valence-corrected chi connectivity index (χ2v) is 20.8. The van der Waals surface area contributed by atoms with Crippen molar-refractivity contribution in [2.45, 2.75) is 112 Å². The summed E-state index contributed by atoms with van der Waals surface area (Å²) in [5, 5.41) is 26.2. The monoisotopic (exact) mass is 772 g/mol. The van der Waals surface area contributed by atoms with Crippen LogP contribution in [0.5, 0.6) is 0 Å². The van der Waals surface area contributed by atoms with Gasteiger partial charge in [-0.2, -0.15) is 10.5 Å². The van der Waals surface area contributed by atoms with Crippen LogP contribution >= 0.6 is 0 Å². The highest BCUT2D eigenvalue weighted by Gasteiger charge is 2.26. The average Bonchev–Trinajstić information content (AvgIpc) is 3.67. The van der Waals surface area contributed by atoms with E-state index in [1.807, 2.05) is 19.1 Å². The van der Waals surface area contributed by atoms with E-state index >= 15 is 0 Å². The van der Waals surface area contributed by atoms with E-state index in [1.54, 1.807) is 0 Å². The van der Waals surface area contributed by atoms with E-state index in [0.29, 0.717) is 11.1 Å². The summed E-state index contributed by atoms with van der Waals surface area (Å²) in [6.45, 7) is 29.1. The molecule has 0 aliphatic heterocycles. The van der Waals surface area contributed by atoms with Crippen molar-refractivity contribution in [2.75, 3.05) is 0 Å². The van der Waals surface area contributed by atoms with Gasteiger partial charge >= 0.3 is 0 Å². The maximum Gasteiger partial charge on any atom is 0.101 e. The van der Waals surface area contributed by atoms with Gasteiger partial charge in [0.1, 0.15) is 6.07 Å². The van der Waals surface area contributed by atoms with Crippen molar-refractivity contribution in [3.8, 4) is 34.6 Å². The Labute approximate surface area is 350 Å². The van der Waals surface area contributed by atoms with Crippen LogP contribution in [0.25, 0.3) is 66.1 Å². The van der Waals surface area contributed by atoms with Crippen LogP contribution in [0.2, 0.25) is 0 Å². The molecule has 0 atom stereocenters. The zero-order chi connectivity index (χ0) is 42.6. The van der Waals surface area contributed by atoms with Crippen LogP contribution in [0.3, 0.4) is 0 Å². The number of nitrogens with zero attached hydrogens (tertiary/aromatic N) is 4. The Balaban J connectivity index is 1.53. The molecule has 0 aliphatic rings. The van der Waals surface area contributed by atoms with E-state index in [4.69, 9.17) is 0 Å². The first kappa shape index (κ1) is 39.7. The number of hydrogen-bond donors (Lipinski definition) is 0. The lowest BCUT2D eigenvalue weighted by molar-refractivity contribution is 0.590. The molecule has 4 heteroatoms. The van der Waals surface area contributed by atoms with E-state index in [9.17, 15) is 10.5 Å². The third-order valence-electron chi connectivity index (χ3n) is 12.2. The lowest BCUT2D eigenvalue weighted by atomic mass is 9.85. The van der Waals surface area contributed by atoms with Crippen molar-refractivity contribution in [3.05, 3.63) is 142 Å². The fourth-order valence-corrected chi connectivity index (χ4v) is 8.70. The number of benzene rings is 6. The van der Waals surface area contributed by atoms with Crippen LogP contribution in [0.1, 0.15) is 122 Å². The predicted molar refractivity (Wildman–Crippen MR) is 250 cm³/mol. The van der Waals surface area contributed by atoms with E-state index in [0.717, 1.165) is 50.1 Å². The molecule has 0 aliphatic carbocycles. The molecule has 0 saturated heterocycles. The highest BCUT2D eigenvalue weighted by Crippen LogP contribution is 2.44. The van der Waals surface area contributed by atoms with Crippen LogP contribution < -0.4 is 0 Å². The van der Waals surface area contributed by atoms with Crippen molar-refractivity contribution in [3.63, 3.8) is 0 Å². The summed E-state index contributed by atoms with van der Waals surface area (Å²) >= 11 is 0. The average molecular weight is 773 g/mol. The maximum absolute atomic E-state index is 11.2. The van der Waals surface area contributed by atoms with Gasteiger partial charge in [0.15, 0.2) is 0 Å². The van der Waals surface area contributed by atoms with Gasteiger partial charge < -0.3 is 9.13 Å². The smallest absolute Gasteiger partial charge is 0.101 e. The normalized spacial score (nSPS) is 12.8. The first-order valence-corrected chi connectivity index (χ1v) is 20.9. The lowest BCUT2D eigenvalue weighted by Crippen LogP contribution is -2.10. The SMILES string of the molecule is Cc1cc(C#N)cc(-c2cc(-n3c4ccc(C(C)(C)C)cc4c4cc(C(C)(C)C)ccc43)c(C#N)cc2-n2c3ccc(C(C)(C)C)cc3c3cc(C(C)(C)C)ccc32)c1. The van der Waals surface area contributed by atoms with Crippen molar-refractivity contribution >= 4 is 43.6 Å². The van der Waals surface area contributed by atoms with Crippen LogP contribution in [-0.2, 0) is 21.7 Å². The van der Waals surface area contributed by atoms with Gasteiger partial charge in [0.25, 0.3) is 0 Å².